The van der Waals surface area contributed by atoms with Crippen LogP contribution in [0.25, 0.3) is 0 Å². The smallest absolute Gasteiger partial charge is 0.265 e. The maximum absolute atomic E-state index is 12.3. The molecule has 20 heavy (non-hydrogen) atoms. The number of sulfonamides is 1. The van der Waals surface area contributed by atoms with E-state index in [2.05, 4.69) is 4.72 Å². The molecule has 8 heteroatoms. The molecular weight excluding hydrogens is 282 g/mol. The minimum absolute atomic E-state index is 0.00834. The molecule has 0 bridgehead atoms. The van der Waals surface area contributed by atoms with E-state index in [1.807, 2.05) is 0 Å². The largest absolute Gasteiger partial charge is 0.392 e. The summed E-state index contributed by atoms with van der Waals surface area (Å²) < 4.78 is 28.4. The monoisotopic (exact) mass is 301 g/mol. The Hall–Kier alpha value is -1.38. The quantitative estimate of drug-likeness (QED) is 0.699. The summed E-state index contributed by atoms with van der Waals surface area (Å²) in [5.41, 5.74) is 4.78. The number of nitrogens with one attached hydrogen (secondary N) is 1. The van der Waals surface area contributed by atoms with Gasteiger partial charge >= 0.3 is 0 Å². The second-order valence-electron chi connectivity index (χ2n) is 5.78. The first-order chi connectivity index (χ1) is 9.05. The molecule has 1 amide bonds. The van der Waals surface area contributed by atoms with Crippen LogP contribution in [0.5, 0.6) is 0 Å². The van der Waals surface area contributed by atoms with Crippen molar-refractivity contribution in [2.75, 3.05) is 0 Å². The number of aliphatic hydroxyl groups excluding tert-OH is 1. The molecule has 1 fully saturated rings. The number of amides is 1. The molecule has 0 radical (unpaired) electrons. The minimum Gasteiger partial charge on any atom is -0.392 e. The summed E-state index contributed by atoms with van der Waals surface area (Å²) in [4.78, 5) is 11.1. The highest BCUT2D eigenvalue weighted by Crippen LogP contribution is 2.41. The van der Waals surface area contributed by atoms with E-state index in [0.29, 0.717) is 6.42 Å². The molecule has 2 unspecified atom stereocenters. The number of aromatic nitrogens is 1. The van der Waals surface area contributed by atoms with Crippen LogP contribution >= 0.6 is 0 Å². The fourth-order valence-electron chi connectivity index (χ4n) is 2.28. The minimum atomic E-state index is -3.74. The molecule has 4 N–H and O–H groups in total. The number of nitrogens with two attached hydrogens (primary N) is 1. The predicted octanol–water partition coefficient (Wildman–Crippen LogP) is -0.438. The highest BCUT2D eigenvalue weighted by atomic mass is 32.2. The van der Waals surface area contributed by atoms with E-state index >= 15 is 0 Å². The number of aliphatic hydroxyl groups is 1. The topological polar surface area (TPSA) is 114 Å². The molecule has 1 aromatic heterocycles. The summed E-state index contributed by atoms with van der Waals surface area (Å²) in [6, 6.07) is 0.909. The first-order valence-corrected chi connectivity index (χ1v) is 7.70. The van der Waals surface area contributed by atoms with Crippen molar-refractivity contribution < 1.29 is 18.3 Å². The van der Waals surface area contributed by atoms with Crippen molar-refractivity contribution >= 4 is 15.9 Å². The Morgan fingerprint density at radius 3 is 2.55 bits per heavy atom. The van der Waals surface area contributed by atoms with Crippen molar-refractivity contribution in [2.45, 2.75) is 37.3 Å². The van der Waals surface area contributed by atoms with Crippen LogP contribution in [-0.4, -0.2) is 36.1 Å². The zero-order valence-electron chi connectivity index (χ0n) is 11.6. The molecule has 112 valence electrons. The normalized spacial score (nSPS) is 25.2. The van der Waals surface area contributed by atoms with Crippen LogP contribution in [0, 0.1) is 5.41 Å². The first-order valence-electron chi connectivity index (χ1n) is 6.22. The van der Waals surface area contributed by atoms with Gasteiger partial charge in [0.05, 0.1) is 6.10 Å². The molecule has 0 spiro atoms. The standard InChI is InChI=1S/C12H19N3O4S/c1-12(2)9(5-10(12)16)14-20(18,19)7-4-8(11(13)17)15(3)6-7/h4,6,9-10,14,16H,5H2,1-3H3,(H2,13,17). The van der Waals surface area contributed by atoms with E-state index in [-0.39, 0.29) is 16.6 Å². The third kappa shape index (κ3) is 2.34. The number of aryl methyl sites for hydroxylation is 1. The molecule has 7 nitrogen and oxygen atoms in total. The molecule has 1 heterocycles. The Balaban J connectivity index is 2.24. The molecule has 0 aliphatic heterocycles. The van der Waals surface area contributed by atoms with Gasteiger partial charge in [0.25, 0.3) is 5.91 Å². The molecule has 1 aliphatic carbocycles. The number of hydrogen-bond acceptors (Lipinski definition) is 4. The molecule has 1 aromatic rings. The van der Waals surface area contributed by atoms with Gasteiger partial charge in [-0.1, -0.05) is 13.8 Å². The fourth-order valence-corrected chi connectivity index (χ4v) is 3.76. The SMILES string of the molecule is Cn1cc(S(=O)(=O)NC2CC(O)C2(C)C)cc1C(N)=O. The van der Waals surface area contributed by atoms with Gasteiger partial charge in [-0.25, -0.2) is 13.1 Å². The lowest BCUT2D eigenvalue weighted by Crippen LogP contribution is -2.61. The van der Waals surface area contributed by atoms with Gasteiger partial charge in [-0.3, -0.25) is 4.79 Å². The van der Waals surface area contributed by atoms with E-state index in [1.165, 1.54) is 16.8 Å². The van der Waals surface area contributed by atoms with E-state index in [9.17, 15) is 18.3 Å². The van der Waals surface area contributed by atoms with Gasteiger partial charge in [0.1, 0.15) is 10.6 Å². The molecule has 2 rings (SSSR count). The number of nitrogens with zero attached hydrogens (tertiary/aromatic N) is 1. The zero-order chi connectivity index (χ0) is 15.3. The summed E-state index contributed by atoms with van der Waals surface area (Å²) >= 11 is 0. The molecule has 1 saturated carbocycles. The lowest BCUT2D eigenvalue weighted by atomic mass is 9.65. The van der Waals surface area contributed by atoms with Crippen molar-refractivity contribution in [3.63, 3.8) is 0 Å². The number of carbonyl (C=O) groups excluding carboxylic acids is 1. The van der Waals surface area contributed by atoms with Gasteiger partial charge in [-0.05, 0) is 12.5 Å². The van der Waals surface area contributed by atoms with Crippen LogP contribution in [0.2, 0.25) is 0 Å². The third-order valence-electron chi connectivity index (χ3n) is 4.06. The number of rotatable bonds is 4. The lowest BCUT2D eigenvalue weighted by Gasteiger charge is -2.49. The Bertz CT molecular complexity index is 648. The van der Waals surface area contributed by atoms with E-state index < -0.39 is 27.4 Å². The van der Waals surface area contributed by atoms with Gasteiger partial charge in [0, 0.05) is 24.7 Å². The van der Waals surface area contributed by atoms with Gasteiger partial charge < -0.3 is 15.4 Å². The van der Waals surface area contributed by atoms with Crippen molar-refractivity contribution in [2.24, 2.45) is 18.2 Å². The van der Waals surface area contributed by atoms with Gasteiger partial charge in [0.2, 0.25) is 10.0 Å². The zero-order valence-corrected chi connectivity index (χ0v) is 12.4. The highest BCUT2D eigenvalue weighted by molar-refractivity contribution is 7.89. The average Bonchev–Trinajstić information content (AvgIpc) is 2.71. The summed E-state index contributed by atoms with van der Waals surface area (Å²) in [7, 11) is -2.19. The highest BCUT2D eigenvalue weighted by Gasteiger charge is 2.49. The summed E-state index contributed by atoms with van der Waals surface area (Å²) in [6.45, 7) is 3.60. The van der Waals surface area contributed by atoms with Crippen molar-refractivity contribution in [3.8, 4) is 0 Å². The lowest BCUT2D eigenvalue weighted by molar-refractivity contribution is -0.0645. The van der Waals surface area contributed by atoms with Crippen LogP contribution in [0.1, 0.15) is 30.8 Å². The number of primary amides is 1. The average molecular weight is 301 g/mol. The van der Waals surface area contributed by atoms with Crippen LogP contribution < -0.4 is 10.5 Å². The van der Waals surface area contributed by atoms with E-state index in [4.69, 9.17) is 5.73 Å². The van der Waals surface area contributed by atoms with Crippen molar-refractivity contribution in [3.05, 3.63) is 18.0 Å². The van der Waals surface area contributed by atoms with E-state index in [1.54, 1.807) is 20.9 Å². The number of hydrogen-bond donors (Lipinski definition) is 3. The summed E-state index contributed by atoms with van der Waals surface area (Å²) in [5.74, 6) is -0.687. The molecular formula is C12H19N3O4S. The van der Waals surface area contributed by atoms with Crippen LogP contribution in [0.15, 0.2) is 17.2 Å². The third-order valence-corrected chi connectivity index (χ3v) is 5.49. The van der Waals surface area contributed by atoms with Crippen molar-refractivity contribution in [1.82, 2.24) is 9.29 Å². The van der Waals surface area contributed by atoms with Gasteiger partial charge in [-0.15, -0.1) is 0 Å². The second-order valence-corrected chi connectivity index (χ2v) is 7.50. The number of carbonyl (C=O) groups is 1. The Morgan fingerprint density at radius 1 is 1.55 bits per heavy atom. The predicted molar refractivity (Wildman–Crippen MR) is 72.4 cm³/mol. The van der Waals surface area contributed by atoms with Crippen molar-refractivity contribution in [1.29, 1.82) is 0 Å². The summed E-state index contributed by atoms with van der Waals surface area (Å²) in [6.07, 6.45) is 1.19. The molecule has 0 aromatic carbocycles. The van der Waals surface area contributed by atoms with Crippen LogP contribution in [0.3, 0.4) is 0 Å². The molecule has 2 atom stereocenters. The Morgan fingerprint density at radius 2 is 2.15 bits per heavy atom. The first kappa shape index (κ1) is 15.0. The Kier molecular flexibility index (Phi) is 3.43. The maximum Gasteiger partial charge on any atom is 0.265 e. The van der Waals surface area contributed by atoms with Crippen LogP contribution in [-0.2, 0) is 17.1 Å². The summed E-state index contributed by atoms with van der Waals surface area (Å²) in [5, 5.41) is 9.63. The van der Waals surface area contributed by atoms with Gasteiger partial charge in [0.15, 0.2) is 0 Å². The Labute approximate surface area is 117 Å². The molecule has 1 aliphatic rings. The maximum atomic E-state index is 12.3. The van der Waals surface area contributed by atoms with Gasteiger partial charge in [-0.2, -0.15) is 0 Å². The van der Waals surface area contributed by atoms with E-state index in [0.717, 1.165) is 0 Å². The van der Waals surface area contributed by atoms with Crippen LogP contribution in [0.4, 0.5) is 0 Å². The second kappa shape index (κ2) is 4.57. The fraction of sp³-hybridized carbons (Fsp3) is 0.583. The molecule has 0 saturated heterocycles.